The summed E-state index contributed by atoms with van der Waals surface area (Å²) in [5, 5.41) is 0. The maximum absolute atomic E-state index is 13.7. The van der Waals surface area contributed by atoms with Crippen molar-refractivity contribution in [1.29, 1.82) is 0 Å². The van der Waals surface area contributed by atoms with Gasteiger partial charge in [0.15, 0.2) is 0 Å². The van der Waals surface area contributed by atoms with Gasteiger partial charge in [0.05, 0.1) is 0 Å². The minimum absolute atomic E-state index is 0.00858. The van der Waals surface area contributed by atoms with Gasteiger partial charge in [0.2, 0.25) is 0 Å². The summed E-state index contributed by atoms with van der Waals surface area (Å²) in [6.07, 6.45) is 0.880. The Kier molecular flexibility index (Phi) is 4.74. The van der Waals surface area contributed by atoms with Crippen LogP contribution in [0.15, 0.2) is 48.5 Å². The molecule has 2 rings (SSSR count). The van der Waals surface area contributed by atoms with Crippen LogP contribution in [0.3, 0.4) is 0 Å². The van der Waals surface area contributed by atoms with Crippen LogP contribution in [-0.4, -0.2) is 7.05 Å². The molecular formula is C17H21FN2. The lowest BCUT2D eigenvalue weighted by Gasteiger charge is -2.25. The molecule has 2 aromatic rings. The summed E-state index contributed by atoms with van der Waals surface area (Å²) in [5.41, 5.74) is 9.01. The summed E-state index contributed by atoms with van der Waals surface area (Å²) in [4.78, 5) is 2.04. The molecule has 0 aromatic heterocycles. The zero-order valence-corrected chi connectivity index (χ0v) is 12.0. The standard InChI is InChI=1S/C17H21FN2/c1-3-16(19)14-9-5-7-11-17(14)20(2)12-13-8-4-6-10-15(13)18/h4-11,16H,3,12,19H2,1-2H3/t16-/m1/s1. The van der Waals surface area contributed by atoms with Crippen LogP contribution < -0.4 is 10.6 Å². The first-order chi connectivity index (χ1) is 9.63. The molecule has 2 aromatic carbocycles. The molecule has 0 spiro atoms. The van der Waals surface area contributed by atoms with Crippen LogP contribution >= 0.6 is 0 Å². The number of benzene rings is 2. The summed E-state index contributed by atoms with van der Waals surface area (Å²) in [7, 11) is 1.97. The Morgan fingerprint density at radius 1 is 1.10 bits per heavy atom. The Morgan fingerprint density at radius 3 is 2.45 bits per heavy atom. The molecule has 0 heterocycles. The second kappa shape index (κ2) is 6.53. The highest BCUT2D eigenvalue weighted by molar-refractivity contribution is 5.54. The fourth-order valence-corrected chi connectivity index (χ4v) is 2.34. The Labute approximate surface area is 120 Å². The van der Waals surface area contributed by atoms with E-state index in [1.807, 2.05) is 48.3 Å². The van der Waals surface area contributed by atoms with E-state index in [9.17, 15) is 4.39 Å². The van der Waals surface area contributed by atoms with Crippen LogP contribution in [0.25, 0.3) is 0 Å². The highest BCUT2D eigenvalue weighted by Crippen LogP contribution is 2.27. The Bertz CT molecular complexity index is 568. The third kappa shape index (κ3) is 3.17. The third-order valence-corrected chi connectivity index (χ3v) is 3.55. The largest absolute Gasteiger partial charge is 0.370 e. The molecule has 1 atom stereocenters. The molecule has 0 bridgehead atoms. The lowest BCUT2D eigenvalue weighted by molar-refractivity contribution is 0.607. The number of nitrogens with zero attached hydrogens (tertiary/aromatic N) is 1. The first-order valence-electron chi connectivity index (χ1n) is 6.92. The number of anilines is 1. The van der Waals surface area contributed by atoms with Crippen molar-refractivity contribution >= 4 is 5.69 Å². The summed E-state index contributed by atoms with van der Waals surface area (Å²) < 4.78 is 13.7. The van der Waals surface area contributed by atoms with Crippen molar-refractivity contribution < 1.29 is 4.39 Å². The Hall–Kier alpha value is -1.87. The summed E-state index contributed by atoms with van der Waals surface area (Å²) >= 11 is 0. The van der Waals surface area contributed by atoms with Crippen LogP contribution in [0, 0.1) is 5.82 Å². The SMILES string of the molecule is CC[C@@H](N)c1ccccc1N(C)Cc1ccccc1F. The zero-order chi connectivity index (χ0) is 14.5. The van der Waals surface area contributed by atoms with Gasteiger partial charge >= 0.3 is 0 Å². The van der Waals surface area contributed by atoms with Gasteiger partial charge in [0.25, 0.3) is 0 Å². The van der Waals surface area contributed by atoms with Crippen molar-refractivity contribution in [3.05, 3.63) is 65.5 Å². The van der Waals surface area contributed by atoms with E-state index in [0.717, 1.165) is 17.7 Å². The van der Waals surface area contributed by atoms with E-state index in [-0.39, 0.29) is 11.9 Å². The van der Waals surface area contributed by atoms with Crippen LogP contribution in [0.5, 0.6) is 0 Å². The van der Waals surface area contributed by atoms with Crippen LogP contribution in [-0.2, 0) is 6.54 Å². The number of halogens is 1. The van der Waals surface area contributed by atoms with E-state index in [1.54, 1.807) is 6.07 Å². The minimum Gasteiger partial charge on any atom is -0.370 e. The number of para-hydroxylation sites is 1. The van der Waals surface area contributed by atoms with E-state index in [0.29, 0.717) is 12.1 Å². The first kappa shape index (κ1) is 14.5. The first-order valence-corrected chi connectivity index (χ1v) is 6.92. The molecule has 2 N–H and O–H groups in total. The number of rotatable bonds is 5. The zero-order valence-electron chi connectivity index (χ0n) is 12.0. The van der Waals surface area contributed by atoms with Gasteiger partial charge in [0.1, 0.15) is 5.82 Å². The molecule has 3 heteroatoms. The molecule has 0 aliphatic rings. The lowest BCUT2D eigenvalue weighted by atomic mass is 10.0. The molecule has 106 valence electrons. The van der Waals surface area contributed by atoms with Gasteiger partial charge in [-0.1, -0.05) is 43.3 Å². The van der Waals surface area contributed by atoms with E-state index >= 15 is 0 Å². The van der Waals surface area contributed by atoms with Crippen molar-refractivity contribution in [2.75, 3.05) is 11.9 Å². The topological polar surface area (TPSA) is 29.3 Å². The van der Waals surface area contributed by atoms with Crippen LogP contribution in [0.4, 0.5) is 10.1 Å². The number of hydrogen-bond acceptors (Lipinski definition) is 2. The average Bonchev–Trinajstić information content (AvgIpc) is 2.48. The molecule has 0 fully saturated rings. The van der Waals surface area contributed by atoms with Gasteiger partial charge in [0, 0.05) is 30.9 Å². The van der Waals surface area contributed by atoms with E-state index in [1.165, 1.54) is 6.07 Å². The second-order valence-corrected chi connectivity index (χ2v) is 5.02. The van der Waals surface area contributed by atoms with Crippen molar-refractivity contribution in [3.63, 3.8) is 0 Å². The fraction of sp³-hybridized carbons (Fsp3) is 0.294. The monoisotopic (exact) mass is 272 g/mol. The van der Waals surface area contributed by atoms with E-state index in [4.69, 9.17) is 5.73 Å². The molecule has 2 nitrogen and oxygen atoms in total. The normalized spacial score (nSPS) is 12.2. The summed E-state index contributed by atoms with van der Waals surface area (Å²) in [6.45, 7) is 2.60. The summed E-state index contributed by atoms with van der Waals surface area (Å²) in [5.74, 6) is -0.170. The molecule has 0 radical (unpaired) electrons. The van der Waals surface area contributed by atoms with Gasteiger partial charge in [-0.2, -0.15) is 0 Å². The molecule has 0 aliphatic heterocycles. The molecular weight excluding hydrogens is 251 g/mol. The Balaban J connectivity index is 2.26. The molecule has 0 aliphatic carbocycles. The van der Waals surface area contributed by atoms with Crippen molar-refractivity contribution in [2.45, 2.75) is 25.9 Å². The third-order valence-electron chi connectivity index (χ3n) is 3.55. The lowest BCUT2D eigenvalue weighted by Crippen LogP contribution is -2.21. The maximum Gasteiger partial charge on any atom is 0.128 e. The maximum atomic E-state index is 13.7. The van der Waals surface area contributed by atoms with E-state index in [2.05, 4.69) is 6.92 Å². The molecule has 0 amide bonds. The fourth-order valence-electron chi connectivity index (χ4n) is 2.34. The minimum atomic E-state index is -0.170. The second-order valence-electron chi connectivity index (χ2n) is 5.02. The number of hydrogen-bond donors (Lipinski definition) is 1. The van der Waals surface area contributed by atoms with Gasteiger partial charge < -0.3 is 10.6 Å². The number of nitrogens with two attached hydrogens (primary N) is 1. The van der Waals surface area contributed by atoms with Gasteiger partial charge in [-0.25, -0.2) is 4.39 Å². The van der Waals surface area contributed by atoms with E-state index < -0.39 is 0 Å². The van der Waals surface area contributed by atoms with Gasteiger partial charge in [-0.3, -0.25) is 0 Å². The predicted molar refractivity (Wildman–Crippen MR) is 82.2 cm³/mol. The highest BCUT2D eigenvalue weighted by atomic mass is 19.1. The van der Waals surface area contributed by atoms with Crippen molar-refractivity contribution in [2.24, 2.45) is 5.73 Å². The van der Waals surface area contributed by atoms with Crippen LogP contribution in [0.2, 0.25) is 0 Å². The molecule has 20 heavy (non-hydrogen) atoms. The Morgan fingerprint density at radius 2 is 1.75 bits per heavy atom. The van der Waals surface area contributed by atoms with Gasteiger partial charge in [-0.05, 0) is 24.1 Å². The van der Waals surface area contributed by atoms with Crippen LogP contribution in [0.1, 0.15) is 30.5 Å². The van der Waals surface area contributed by atoms with Crippen molar-refractivity contribution in [3.8, 4) is 0 Å². The van der Waals surface area contributed by atoms with Gasteiger partial charge in [-0.15, -0.1) is 0 Å². The predicted octanol–water partition coefficient (Wildman–Crippen LogP) is 3.87. The summed E-state index contributed by atoms with van der Waals surface area (Å²) in [6, 6.07) is 14.9. The molecule has 0 saturated carbocycles. The highest BCUT2D eigenvalue weighted by Gasteiger charge is 2.13. The van der Waals surface area contributed by atoms with Crippen molar-refractivity contribution in [1.82, 2.24) is 0 Å². The quantitative estimate of drug-likeness (QED) is 0.895. The average molecular weight is 272 g/mol. The molecule has 0 unspecified atom stereocenters. The molecule has 0 saturated heterocycles. The smallest absolute Gasteiger partial charge is 0.128 e.